The van der Waals surface area contributed by atoms with E-state index in [4.69, 9.17) is 4.74 Å². The third-order valence-electron chi connectivity index (χ3n) is 5.54. The number of halogens is 1. The van der Waals surface area contributed by atoms with Gasteiger partial charge in [-0.05, 0) is 0 Å². The summed E-state index contributed by atoms with van der Waals surface area (Å²) in [7, 11) is 0. The molecule has 3 rings (SSSR count). The Morgan fingerprint density at radius 1 is 0.828 bits per heavy atom. The summed E-state index contributed by atoms with van der Waals surface area (Å²) in [5.41, 5.74) is 0. The van der Waals surface area contributed by atoms with Gasteiger partial charge in [0.25, 0.3) is 0 Å². The molecule has 1 atom stereocenters. The van der Waals surface area contributed by atoms with Gasteiger partial charge < -0.3 is 0 Å². The average molecular weight is 471 g/mol. The van der Waals surface area contributed by atoms with Crippen molar-refractivity contribution in [2.75, 3.05) is 6.16 Å². The van der Waals surface area contributed by atoms with Gasteiger partial charge in [-0.2, -0.15) is 0 Å². The van der Waals surface area contributed by atoms with E-state index in [-0.39, 0.29) is 12.1 Å². The number of rotatable bonds is 8. The van der Waals surface area contributed by atoms with E-state index >= 15 is 0 Å². The molecule has 0 heterocycles. The Morgan fingerprint density at radius 3 is 1.52 bits per heavy atom. The molecule has 0 spiro atoms. The SMILES string of the molecule is CCC(CCP(Br)(c1ccccc1)(c1ccccc1)c1ccccc1)OC(C)=O. The first kappa shape index (κ1) is 21.7. The first-order valence-electron chi connectivity index (χ1n) is 10.1. The topological polar surface area (TPSA) is 26.3 Å². The van der Waals surface area contributed by atoms with E-state index in [1.165, 1.54) is 22.8 Å². The monoisotopic (exact) mass is 470 g/mol. The number of hydrogen-bond donors (Lipinski definition) is 0. The summed E-state index contributed by atoms with van der Waals surface area (Å²) >= 11 is 4.43. The van der Waals surface area contributed by atoms with Gasteiger partial charge in [-0.1, -0.05) is 0 Å². The van der Waals surface area contributed by atoms with Crippen molar-refractivity contribution in [3.63, 3.8) is 0 Å². The Bertz CT molecular complexity index is 829. The Morgan fingerprint density at radius 2 is 1.21 bits per heavy atom. The minimum absolute atomic E-state index is 0.0947. The molecule has 0 saturated carbocycles. The zero-order valence-electron chi connectivity index (χ0n) is 17.0. The van der Waals surface area contributed by atoms with Crippen LogP contribution in [0.3, 0.4) is 0 Å². The van der Waals surface area contributed by atoms with E-state index in [2.05, 4.69) is 113 Å². The predicted octanol–water partition coefficient (Wildman–Crippen LogP) is 5.56. The number of ether oxygens (including phenoxy) is 1. The predicted molar refractivity (Wildman–Crippen MR) is 129 cm³/mol. The van der Waals surface area contributed by atoms with Crippen LogP contribution >= 0.6 is 20.8 Å². The maximum atomic E-state index is 11.6. The summed E-state index contributed by atoms with van der Waals surface area (Å²) in [5.74, 6) is -0.217. The van der Waals surface area contributed by atoms with Crippen molar-refractivity contribution in [3.05, 3.63) is 91.0 Å². The van der Waals surface area contributed by atoms with Crippen molar-refractivity contribution in [1.82, 2.24) is 0 Å². The molecule has 0 aromatic heterocycles. The molecule has 0 radical (unpaired) electrons. The molecule has 4 heteroatoms. The van der Waals surface area contributed by atoms with Crippen LogP contribution in [0.25, 0.3) is 0 Å². The van der Waals surface area contributed by atoms with Gasteiger partial charge in [0.1, 0.15) is 0 Å². The van der Waals surface area contributed by atoms with Crippen LogP contribution in [0, 0.1) is 0 Å². The van der Waals surface area contributed by atoms with Crippen LogP contribution < -0.4 is 15.9 Å². The molecule has 0 fully saturated rings. The van der Waals surface area contributed by atoms with Gasteiger partial charge in [0, 0.05) is 0 Å². The fourth-order valence-corrected chi connectivity index (χ4v) is 11.6. The van der Waals surface area contributed by atoms with E-state index in [0.717, 1.165) is 19.0 Å². The zero-order valence-corrected chi connectivity index (χ0v) is 19.5. The average Bonchev–Trinajstić information content (AvgIpc) is 2.78. The van der Waals surface area contributed by atoms with Gasteiger partial charge in [0.05, 0.1) is 0 Å². The van der Waals surface area contributed by atoms with E-state index < -0.39 is 5.31 Å². The second kappa shape index (κ2) is 9.24. The molecule has 3 aromatic rings. The second-order valence-corrected chi connectivity index (χ2v) is 16.4. The van der Waals surface area contributed by atoms with Crippen molar-refractivity contribution < 1.29 is 9.53 Å². The number of carbonyl (C=O) groups is 1. The fourth-order valence-electron chi connectivity index (χ4n) is 4.02. The molecular weight excluding hydrogens is 443 g/mol. The van der Waals surface area contributed by atoms with E-state index in [1.54, 1.807) is 0 Å². The standard InChI is InChI=1S/C25H28BrO2P/c1-3-22(28-21(2)27)19-20-29(26,23-13-7-4-8-14-23,24-15-9-5-10-16-24)25-17-11-6-12-18-25/h4-18,22H,3,19-20H2,1-2H3. The van der Waals surface area contributed by atoms with Crippen LogP contribution in [-0.2, 0) is 9.53 Å². The molecule has 0 bridgehead atoms. The summed E-state index contributed by atoms with van der Waals surface area (Å²) in [6.07, 6.45) is 2.37. The van der Waals surface area contributed by atoms with Crippen LogP contribution in [0.15, 0.2) is 91.0 Å². The molecule has 0 amide bonds. The molecule has 0 aliphatic carbocycles. The first-order valence-corrected chi connectivity index (χ1v) is 14.5. The summed E-state index contributed by atoms with van der Waals surface area (Å²) in [6, 6.07) is 32.1. The Hall–Kier alpha value is -1.96. The zero-order chi connectivity index (χ0) is 20.8. The van der Waals surface area contributed by atoms with Crippen LogP contribution in [0.4, 0.5) is 0 Å². The summed E-state index contributed by atoms with van der Waals surface area (Å²) in [6.45, 7) is 3.56. The molecule has 1 unspecified atom stereocenters. The Balaban J connectivity index is 2.23. The summed E-state index contributed by atoms with van der Waals surface area (Å²) in [4.78, 5) is 11.6. The number of benzene rings is 3. The summed E-state index contributed by atoms with van der Waals surface area (Å²) in [5, 5.41) is 0.910. The molecule has 29 heavy (non-hydrogen) atoms. The van der Waals surface area contributed by atoms with Crippen molar-refractivity contribution in [2.45, 2.75) is 32.8 Å². The molecular formula is C25H28BrO2P. The number of esters is 1. The van der Waals surface area contributed by atoms with Crippen molar-refractivity contribution >= 4 is 42.7 Å². The van der Waals surface area contributed by atoms with E-state index in [9.17, 15) is 4.79 Å². The quantitative estimate of drug-likeness (QED) is 0.318. The summed E-state index contributed by atoms with van der Waals surface area (Å²) < 4.78 is 5.61. The molecule has 152 valence electrons. The van der Waals surface area contributed by atoms with Gasteiger partial charge in [-0.15, -0.1) is 0 Å². The third-order valence-corrected chi connectivity index (χ3v) is 15.5. The molecule has 3 aromatic carbocycles. The number of carbonyl (C=O) groups excluding carboxylic acids is 1. The third kappa shape index (κ3) is 4.32. The van der Waals surface area contributed by atoms with Crippen molar-refractivity contribution in [2.24, 2.45) is 0 Å². The molecule has 0 aliphatic heterocycles. The van der Waals surface area contributed by atoms with Gasteiger partial charge in [-0.25, -0.2) is 0 Å². The van der Waals surface area contributed by atoms with E-state index in [1.807, 2.05) is 0 Å². The van der Waals surface area contributed by atoms with Crippen LogP contribution in [0.5, 0.6) is 0 Å². The second-order valence-electron chi connectivity index (χ2n) is 7.34. The Labute approximate surface area is 182 Å². The normalized spacial score (nSPS) is 13.8. The van der Waals surface area contributed by atoms with E-state index in [0.29, 0.717) is 0 Å². The number of hydrogen-bond acceptors (Lipinski definition) is 2. The van der Waals surface area contributed by atoms with Gasteiger partial charge >= 0.3 is 182 Å². The Kier molecular flexibility index (Phi) is 6.93. The van der Waals surface area contributed by atoms with Gasteiger partial charge in [-0.3, -0.25) is 0 Å². The van der Waals surface area contributed by atoms with Gasteiger partial charge in [0.2, 0.25) is 0 Å². The van der Waals surface area contributed by atoms with Crippen molar-refractivity contribution in [1.29, 1.82) is 0 Å². The minimum atomic E-state index is -2.95. The molecule has 0 N–H and O–H groups in total. The molecule has 2 nitrogen and oxygen atoms in total. The first-order chi connectivity index (χ1) is 14.0. The van der Waals surface area contributed by atoms with Crippen LogP contribution in [0.1, 0.15) is 26.7 Å². The van der Waals surface area contributed by atoms with Crippen LogP contribution in [-0.4, -0.2) is 18.2 Å². The molecule has 0 aliphatic rings. The van der Waals surface area contributed by atoms with Gasteiger partial charge in [0.15, 0.2) is 0 Å². The maximum absolute atomic E-state index is 11.6. The molecule has 0 saturated heterocycles. The fraction of sp³-hybridized carbons (Fsp3) is 0.240. The van der Waals surface area contributed by atoms with Crippen LogP contribution in [0.2, 0.25) is 0 Å². The van der Waals surface area contributed by atoms with Crippen molar-refractivity contribution in [3.8, 4) is 0 Å².